The van der Waals surface area contributed by atoms with E-state index in [0.29, 0.717) is 30.2 Å². The van der Waals surface area contributed by atoms with Gasteiger partial charge in [0.15, 0.2) is 6.61 Å². The highest BCUT2D eigenvalue weighted by molar-refractivity contribution is 5.96. The molecule has 0 atom stereocenters. The number of nitrogens with one attached hydrogen (secondary N) is 1. The molecule has 0 spiro atoms. The van der Waals surface area contributed by atoms with Crippen molar-refractivity contribution in [2.24, 2.45) is 5.92 Å². The molecule has 1 aromatic heterocycles. The fourth-order valence-corrected chi connectivity index (χ4v) is 2.18. The molecule has 2 rings (SSSR count). The Morgan fingerprint density at radius 1 is 1.25 bits per heavy atom. The normalized spacial score (nSPS) is 11.0. The Bertz CT molecular complexity index is 704. The molecule has 6 nitrogen and oxygen atoms in total. The van der Waals surface area contributed by atoms with Gasteiger partial charge in [0.2, 0.25) is 5.76 Å². The molecule has 2 aromatic rings. The zero-order valence-corrected chi connectivity index (χ0v) is 14.3. The third-order valence-corrected chi connectivity index (χ3v) is 3.38. The van der Waals surface area contributed by atoms with Gasteiger partial charge in [0, 0.05) is 24.1 Å². The highest BCUT2D eigenvalue weighted by atomic mass is 16.5. The molecule has 0 unspecified atom stereocenters. The van der Waals surface area contributed by atoms with Crippen LogP contribution in [-0.2, 0) is 20.9 Å². The summed E-state index contributed by atoms with van der Waals surface area (Å²) in [5.41, 5.74) is 1.23. The monoisotopic (exact) mass is 333 g/mol. The minimum atomic E-state index is -0.666. The highest BCUT2D eigenvalue weighted by Gasteiger charge is 2.22. The number of hydrogen-bond acceptors (Lipinski definition) is 5. The van der Waals surface area contributed by atoms with Crippen molar-refractivity contribution in [3.05, 3.63) is 35.6 Å². The van der Waals surface area contributed by atoms with Crippen molar-refractivity contribution >= 4 is 22.8 Å². The number of ether oxygens (including phenoxy) is 2. The molecule has 1 N–H and O–H groups in total. The van der Waals surface area contributed by atoms with E-state index in [1.807, 2.05) is 39.0 Å². The smallest absolute Gasteiger partial charge is 0.375 e. The van der Waals surface area contributed by atoms with Crippen molar-refractivity contribution in [1.82, 2.24) is 5.32 Å². The molecular formula is C18H23NO5. The SMILES string of the molecule is CCOCc1c(C(=O)OCC(=O)NCC(C)C)oc2ccccc12. The topological polar surface area (TPSA) is 77.8 Å². The lowest BCUT2D eigenvalue weighted by Crippen LogP contribution is -2.31. The van der Waals surface area contributed by atoms with Crippen LogP contribution in [0.4, 0.5) is 0 Å². The molecule has 0 bridgehead atoms. The molecule has 0 saturated heterocycles. The highest BCUT2D eigenvalue weighted by Crippen LogP contribution is 2.27. The van der Waals surface area contributed by atoms with Gasteiger partial charge >= 0.3 is 5.97 Å². The molecule has 1 aromatic carbocycles. The fourth-order valence-electron chi connectivity index (χ4n) is 2.18. The van der Waals surface area contributed by atoms with Crippen LogP contribution in [0, 0.1) is 5.92 Å². The first-order valence-electron chi connectivity index (χ1n) is 8.04. The van der Waals surface area contributed by atoms with Gasteiger partial charge in [-0.2, -0.15) is 0 Å². The number of fused-ring (bicyclic) bond motifs is 1. The summed E-state index contributed by atoms with van der Waals surface area (Å²) in [6.45, 7) is 6.82. The van der Waals surface area contributed by atoms with Crippen LogP contribution < -0.4 is 5.32 Å². The molecular weight excluding hydrogens is 310 g/mol. The second-order valence-corrected chi connectivity index (χ2v) is 5.82. The van der Waals surface area contributed by atoms with Crippen LogP contribution in [0.25, 0.3) is 11.0 Å². The van der Waals surface area contributed by atoms with Gasteiger partial charge in [-0.1, -0.05) is 32.0 Å². The molecule has 0 radical (unpaired) electrons. The maximum atomic E-state index is 12.3. The predicted molar refractivity (Wildman–Crippen MR) is 89.7 cm³/mol. The molecule has 0 fully saturated rings. The first-order chi connectivity index (χ1) is 11.5. The van der Waals surface area contributed by atoms with Crippen molar-refractivity contribution in [3.63, 3.8) is 0 Å². The van der Waals surface area contributed by atoms with Gasteiger partial charge in [-0.15, -0.1) is 0 Å². The van der Waals surface area contributed by atoms with Gasteiger partial charge < -0.3 is 19.2 Å². The average molecular weight is 333 g/mol. The maximum Gasteiger partial charge on any atom is 0.375 e. The van der Waals surface area contributed by atoms with Crippen molar-refractivity contribution < 1.29 is 23.5 Å². The lowest BCUT2D eigenvalue weighted by atomic mass is 10.1. The van der Waals surface area contributed by atoms with Crippen molar-refractivity contribution in [2.75, 3.05) is 19.8 Å². The van der Waals surface area contributed by atoms with E-state index >= 15 is 0 Å². The van der Waals surface area contributed by atoms with Gasteiger partial charge in [0.25, 0.3) is 5.91 Å². The summed E-state index contributed by atoms with van der Waals surface area (Å²) in [7, 11) is 0. The van der Waals surface area contributed by atoms with Gasteiger partial charge in [0.05, 0.1) is 6.61 Å². The van der Waals surface area contributed by atoms with Gasteiger partial charge in [-0.05, 0) is 18.9 Å². The second-order valence-electron chi connectivity index (χ2n) is 5.82. The van der Waals surface area contributed by atoms with E-state index < -0.39 is 5.97 Å². The zero-order valence-electron chi connectivity index (χ0n) is 14.3. The molecule has 1 heterocycles. The lowest BCUT2D eigenvalue weighted by molar-refractivity contribution is -0.124. The van der Waals surface area contributed by atoms with Crippen LogP contribution in [0.5, 0.6) is 0 Å². The Labute approximate surface area is 141 Å². The van der Waals surface area contributed by atoms with Crippen LogP contribution in [0.2, 0.25) is 0 Å². The minimum Gasteiger partial charge on any atom is -0.450 e. The van der Waals surface area contributed by atoms with Crippen LogP contribution >= 0.6 is 0 Å². The third kappa shape index (κ3) is 4.58. The maximum absolute atomic E-state index is 12.3. The summed E-state index contributed by atoms with van der Waals surface area (Å²) in [4.78, 5) is 24.0. The summed E-state index contributed by atoms with van der Waals surface area (Å²) < 4.78 is 16.1. The number of hydrogen-bond donors (Lipinski definition) is 1. The Hall–Kier alpha value is -2.34. The molecule has 1 amide bonds. The predicted octanol–water partition coefficient (Wildman–Crippen LogP) is 2.90. The largest absolute Gasteiger partial charge is 0.450 e. The zero-order chi connectivity index (χ0) is 17.5. The molecule has 0 aliphatic carbocycles. The summed E-state index contributed by atoms with van der Waals surface area (Å²) in [5.74, 6) is -0.584. The third-order valence-electron chi connectivity index (χ3n) is 3.38. The van der Waals surface area contributed by atoms with E-state index in [1.165, 1.54) is 0 Å². The number of carbonyl (C=O) groups is 2. The minimum absolute atomic E-state index is 0.0845. The molecule has 0 aliphatic rings. The quantitative estimate of drug-likeness (QED) is 0.752. The van der Waals surface area contributed by atoms with Gasteiger partial charge in [-0.3, -0.25) is 4.79 Å². The molecule has 24 heavy (non-hydrogen) atoms. The van der Waals surface area contributed by atoms with E-state index in [0.717, 1.165) is 5.39 Å². The molecule has 0 saturated carbocycles. The summed E-state index contributed by atoms with van der Waals surface area (Å²) >= 11 is 0. The number of rotatable bonds is 8. The lowest BCUT2D eigenvalue weighted by Gasteiger charge is -2.08. The number of carbonyl (C=O) groups excluding carboxylic acids is 2. The average Bonchev–Trinajstić information content (AvgIpc) is 2.94. The van der Waals surface area contributed by atoms with Gasteiger partial charge in [0.1, 0.15) is 5.58 Å². The number of esters is 1. The standard InChI is InChI=1S/C18H23NO5/c1-4-22-10-14-13-7-5-6-8-15(13)24-17(14)18(21)23-11-16(20)19-9-12(2)3/h5-8,12H,4,9-11H2,1-3H3,(H,19,20). The number of para-hydroxylation sites is 1. The Morgan fingerprint density at radius 2 is 2.00 bits per heavy atom. The molecule has 130 valence electrons. The van der Waals surface area contributed by atoms with E-state index in [1.54, 1.807) is 6.07 Å². The van der Waals surface area contributed by atoms with Crippen molar-refractivity contribution in [1.29, 1.82) is 0 Å². The first kappa shape index (κ1) is 18.0. The number of amides is 1. The van der Waals surface area contributed by atoms with E-state index in [4.69, 9.17) is 13.9 Å². The van der Waals surface area contributed by atoms with Gasteiger partial charge in [-0.25, -0.2) is 4.79 Å². The van der Waals surface area contributed by atoms with E-state index in [9.17, 15) is 9.59 Å². The first-order valence-corrected chi connectivity index (χ1v) is 8.04. The summed E-state index contributed by atoms with van der Waals surface area (Å²) in [6, 6.07) is 7.32. The van der Waals surface area contributed by atoms with Crippen molar-refractivity contribution in [2.45, 2.75) is 27.4 Å². The van der Waals surface area contributed by atoms with Crippen molar-refractivity contribution in [3.8, 4) is 0 Å². The Kier molecular flexibility index (Phi) is 6.37. The Balaban J connectivity index is 2.09. The number of benzene rings is 1. The van der Waals surface area contributed by atoms with Crippen LogP contribution in [0.3, 0.4) is 0 Å². The fraction of sp³-hybridized carbons (Fsp3) is 0.444. The van der Waals surface area contributed by atoms with Crippen LogP contribution in [0.1, 0.15) is 36.9 Å². The summed E-state index contributed by atoms with van der Waals surface area (Å²) in [6.07, 6.45) is 0. The van der Waals surface area contributed by atoms with Crippen LogP contribution in [0.15, 0.2) is 28.7 Å². The second kappa shape index (κ2) is 8.49. The van der Waals surface area contributed by atoms with E-state index in [-0.39, 0.29) is 24.9 Å². The molecule has 6 heteroatoms. The number of furan rings is 1. The van der Waals surface area contributed by atoms with E-state index in [2.05, 4.69) is 5.32 Å². The Morgan fingerprint density at radius 3 is 2.71 bits per heavy atom. The van der Waals surface area contributed by atoms with Crippen LogP contribution in [-0.4, -0.2) is 31.6 Å². The molecule has 0 aliphatic heterocycles. The summed E-state index contributed by atoms with van der Waals surface area (Å²) in [5, 5.41) is 3.50.